The number of nitrogens with two attached hydrogens (primary N) is 1. The molecule has 0 spiro atoms. The first kappa shape index (κ1) is 14.8. The Kier molecular flexibility index (Phi) is 4.59. The van der Waals surface area contributed by atoms with Gasteiger partial charge >= 0.3 is 6.36 Å². The highest BCUT2D eigenvalue weighted by atomic mass is 19.4. The Morgan fingerprint density at radius 2 is 1.89 bits per heavy atom. The van der Waals surface area contributed by atoms with E-state index in [1.165, 1.54) is 18.2 Å². The molecular formula is C12H16F3NO2. The van der Waals surface area contributed by atoms with Gasteiger partial charge in [0.2, 0.25) is 0 Å². The second kappa shape index (κ2) is 5.58. The van der Waals surface area contributed by atoms with Gasteiger partial charge in [0.15, 0.2) is 0 Å². The lowest BCUT2D eigenvalue weighted by atomic mass is 9.94. The largest absolute Gasteiger partial charge is 0.573 e. The minimum Gasteiger partial charge on any atom is -0.406 e. The molecule has 0 aliphatic carbocycles. The summed E-state index contributed by atoms with van der Waals surface area (Å²) in [6, 6.07) is 4.65. The van der Waals surface area contributed by atoms with Crippen LogP contribution in [0.15, 0.2) is 24.3 Å². The number of aliphatic hydroxyl groups is 1. The van der Waals surface area contributed by atoms with Gasteiger partial charge in [-0.25, -0.2) is 0 Å². The summed E-state index contributed by atoms with van der Waals surface area (Å²) in [4.78, 5) is 0. The number of halogens is 3. The van der Waals surface area contributed by atoms with Crippen LogP contribution in [-0.2, 0) is 0 Å². The van der Waals surface area contributed by atoms with E-state index in [0.717, 1.165) is 6.07 Å². The maximum Gasteiger partial charge on any atom is 0.573 e. The molecule has 3 N–H and O–H groups in total. The first-order valence-electron chi connectivity index (χ1n) is 5.50. The van der Waals surface area contributed by atoms with Crippen molar-refractivity contribution in [2.45, 2.75) is 32.4 Å². The van der Waals surface area contributed by atoms with Crippen molar-refractivity contribution in [2.75, 3.05) is 0 Å². The van der Waals surface area contributed by atoms with Crippen LogP contribution in [0.1, 0.15) is 25.5 Å². The molecule has 0 heterocycles. The van der Waals surface area contributed by atoms with Gasteiger partial charge < -0.3 is 15.6 Å². The SMILES string of the molecule is CC(C)C(N)C(O)c1cccc(OC(F)(F)F)c1. The molecule has 102 valence electrons. The van der Waals surface area contributed by atoms with Crippen molar-refractivity contribution in [1.82, 2.24) is 0 Å². The molecule has 18 heavy (non-hydrogen) atoms. The Bertz CT molecular complexity index is 393. The highest BCUT2D eigenvalue weighted by molar-refractivity contribution is 5.30. The summed E-state index contributed by atoms with van der Waals surface area (Å²) in [6.45, 7) is 3.65. The van der Waals surface area contributed by atoms with Crippen LogP contribution in [0.2, 0.25) is 0 Å². The standard InChI is InChI=1S/C12H16F3NO2/c1-7(2)10(16)11(17)8-4-3-5-9(6-8)18-12(13,14)15/h3-7,10-11,17H,16H2,1-2H3. The fraction of sp³-hybridized carbons (Fsp3) is 0.500. The van der Waals surface area contributed by atoms with Gasteiger partial charge in [0.1, 0.15) is 5.75 Å². The Morgan fingerprint density at radius 1 is 1.28 bits per heavy atom. The number of benzene rings is 1. The summed E-state index contributed by atoms with van der Waals surface area (Å²) in [5, 5.41) is 9.92. The van der Waals surface area contributed by atoms with Gasteiger partial charge in [-0.15, -0.1) is 13.2 Å². The molecule has 0 aromatic heterocycles. The van der Waals surface area contributed by atoms with Crippen molar-refractivity contribution in [2.24, 2.45) is 11.7 Å². The normalized spacial score (nSPS) is 15.6. The molecule has 3 nitrogen and oxygen atoms in total. The van der Waals surface area contributed by atoms with Crippen molar-refractivity contribution >= 4 is 0 Å². The molecule has 2 atom stereocenters. The molecule has 0 saturated carbocycles. The zero-order valence-electron chi connectivity index (χ0n) is 10.1. The number of ether oxygens (including phenoxy) is 1. The van der Waals surface area contributed by atoms with E-state index in [0.29, 0.717) is 5.56 Å². The van der Waals surface area contributed by atoms with E-state index in [1.807, 2.05) is 13.8 Å². The summed E-state index contributed by atoms with van der Waals surface area (Å²) < 4.78 is 39.9. The average Bonchev–Trinajstić information content (AvgIpc) is 2.25. The Labute approximate surface area is 103 Å². The van der Waals surface area contributed by atoms with Crippen molar-refractivity contribution in [1.29, 1.82) is 0 Å². The van der Waals surface area contributed by atoms with E-state index < -0.39 is 18.5 Å². The van der Waals surface area contributed by atoms with E-state index in [4.69, 9.17) is 5.73 Å². The van der Waals surface area contributed by atoms with Gasteiger partial charge in [-0.1, -0.05) is 26.0 Å². The summed E-state index contributed by atoms with van der Waals surface area (Å²) in [7, 11) is 0. The third-order valence-electron chi connectivity index (χ3n) is 2.57. The summed E-state index contributed by atoms with van der Waals surface area (Å²) >= 11 is 0. The third-order valence-corrected chi connectivity index (χ3v) is 2.57. The molecule has 0 fully saturated rings. The molecule has 0 aliphatic rings. The fourth-order valence-electron chi connectivity index (χ4n) is 1.48. The van der Waals surface area contributed by atoms with Crippen LogP contribution in [0, 0.1) is 5.92 Å². The molecule has 2 unspecified atom stereocenters. The molecule has 1 rings (SSSR count). The Morgan fingerprint density at radius 3 is 2.39 bits per heavy atom. The summed E-state index contributed by atoms with van der Waals surface area (Å²) in [6.07, 6.45) is -5.77. The molecule has 1 aromatic rings. The minimum atomic E-state index is -4.75. The number of hydrogen-bond acceptors (Lipinski definition) is 3. The van der Waals surface area contributed by atoms with Crippen molar-refractivity contribution in [3.63, 3.8) is 0 Å². The Balaban J connectivity index is 2.88. The lowest BCUT2D eigenvalue weighted by Gasteiger charge is -2.23. The van der Waals surface area contributed by atoms with Crippen LogP contribution < -0.4 is 10.5 Å². The van der Waals surface area contributed by atoms with Crippen LogP contribution in [-0.4, -0.2) is 17.5 Å². The molecule has 6 heteroatoms. The monoisotopic (exact) mass is 263 g/mol. The quantitative estimate of drug-likeness (QED) is 0.878. The molecular weight excluding hydrogens is 247 g/mol. The molecule has 0 radical (unpaired) electrons. The van der Waals surface area contributed by atoms with Crippen molar-refractivity contribution in [3.8, 4) is 5.75 Å². The van der Waals surface area contributed by atoms with Gasteiger partial charge in [0, 0.05) is 6.04 Å². The zero-order valence-corrected chi connectivity index (χ0v) is 10.1. The van der Waals surface area contributed by atoms with Crippen LogP contribution in [0.5, 0.6) is 5.75 Å². The van der Waals surface area contributed by atoms with Crippen molar-refractivity contribution in [3.05, 3.63) is 29.8 Å². The van der Waals surface area contributed by atoms with Crippen molar-refractivity contribution < 1.29 is 23.0 Å². The topological polar surface area (TPSA) is 55.5 Å². The molecule has 1 aromatic carbocycles. The first-order valence-corrected chi connectivity index (χ1v) is 5.50. The van der Waals surface area contributed by atoms with E-state index in [2.05, 4.69) is 4.74 Å². The number of rotatable bonds is 4. The lowest BCUT2D eigenvalue weighted by molar-refractivity contribution is -0.274. The average molecular weight is 263 g/mol. The maximum atomic E-state index is 12.1. The van der Waals surface area contributed by atoms with Crippen LogP contribution in [0.3, 0.4) is 0 Å². The lowest BCUT2D eigenvalue weighted by Crippen LogP contribution is -2.33. The molecule has 0 bridgehead atoms. The molecule has 0 amide bonds. The Hall–Kier alpha value is -1.27. The van der Waals surface area contributed by atoms with Gasteiger partial charge in [0.25, 0.3) is 0 Å². The summed E-state index contributed by atoms with van der Waals surface area (Å²) in [5.41, 5.74) is 6.06. The zero-order chi connectivity index (χ0) is 13.9. The molecule has 0 saturated heterocycles. The third kappa shape index (κ3) is 4.19. The van der Waals surface area contributed by atoms with Crippen LogP contribution in [0.25, 0.3) is 0 Å². The van der Waals surface area contributed by atoms with E-state index in [9.17, 15) is 18.3 Å². The second-order valence-electron chi connectivity index (χ2n) is 4.39. The number of alkyl halides is 3. The van der Waals surface area contributed by atoms with E-state index in [-0.39, 0.29) is 11.7 Å². The highest BCUT2D eigenvalue weighted by Crippen LogP contribution is 2.27. The fourth-order valence-corrected chi connectivity index (χ4v) is 1.48. The smallest absolute Gasteiger partial charge is 0.406 e. The van der Waals surface area contributed by atoms with Crippen LogP contribution in [0.4, 0.5) is 13.2 Å². The van der Waals surface area contributed by atoms with Gasteiger partial charge in [-0.3, -0.25) is 0 Å². The number of aliphatic hydroxyl groups excluding tert-OH is 1. The summed E-state index contributed by atoms with van der Waals surface area (Å²) in [5.74, 6) is -0.359. The van der Waals surface area contributed by atoms with Gasteiger partial charge in [0.05, 0.1) is 6.10 Å². The predicted octanol–water partition coefficient (Wildman–Crippen LogP) is 2.60. The van der Waals surface area contributed by atoms with Gasteiger partial charge in [-0.2, -0.15) is 0 Å². The highest BCUT2D eigenvalue weighted by Gasteiger charge is 2.31. The van der Waals surface area contributed by atoms with Crippen LogP contribution >= 0.6 is 0 Å². The molecule has 0 aliphatic heterocycles. The minimum absolute atomic E-state index is 0.00666. The first-order chi connectivity index (χ1) is 8.20. The van der Waals surface area contributed by atoms with E-state index in [1.54, 1.807) is 0 Å². The maximum absolute atomic E-state index is 12.1. The predicted molar refractivity (Wildman–Crippen MR) is 60.9 cm³/mol. The second-order valence-corrected chi connectivity index (χ2v) is 4.39. The van der Waals surface area contributed by atoms with E-state index >= 15 is 0 Å². The number of hydrogen-bond donors (Lipinski definition) is 2. The van der Waals surface area contributed by atoms with Gasteiger partial charge in [-0.05, 0) is 23.6 Å².